The molecule has 0 saturated heterocycles. The third kappa shape index (κ3) is 3.15. The first-order chi connectivity index (χ1) is 9.11. The molecule has 3 N–H and O–H groups in total. The van der Waals surface area contributed by atoms with Crippen molar-refractivity contribution in [2.24, 2.45) is 0 Å². The van der Waals surface area contributed by atoms with E-state index in [1.165, 1.54) is 11.3 Å². The standard InChI is InChI=1S/C12H12ClN3O2S/c1-14-10-8(11(17)18)3-2-4-9(10)15-5-7-6-16-12(13)19-7/h2-4,6,14-15H,5H2,1H3,(H,17,18). The topological polar surface area (TPSA) is 74.2 Å². The highest BCUT2D eigenvalue weighted by Crippen LogP contribution is 2.27. The molecule has 0 bridgehead atoms. The molecule has 0 unspecified atom stereocenters. The molecule has 0 saturated carbocycles. The van der Waals surface area contributed by atoms with Crippen LogP contribution in [0, 0.1) is 0 Å². The maximum absolute atomic E-state index is 11.1. The number of rotatable bonds is 5. The highest BCUT2D eigenvalue weighted by molar-refractivity contribution is 7.15. The molecular weight excluding hydrogens is 286 g/mol. The predicted molar refractivity (Wildman–Crippen MR) is 77.4 cm³/mol. The monoisotopic (exact) mass is 297 g/mol. The zero-order valence-electron chi connectivity index (χ0n) is 10.1. The largest absolute Gasteiger partial charge is 0.478 e. The van der Waals surface area contributed by atoms with E-state index in [-0.39, 0.29) is 5.56 Å². The van der Waals surface area contributed by atoms with E-state index in [0.29, 0.717) is 16.7 Å². The Kier molecular flexibility index (Phi) is 4.24. The maximum atomic E-state index is 11.1. The van der Waals surface area contributed by atoms with Gasteiger partial charge in [0.2, 0.25) is 0 Å². The van der Waals surface area contributed by atoms with Crippen molar-refractivity contribution >= 4 is 40.3 Å². The number of anilines is 2. The van der Waals surface area contributed by atoms with Crippen LogP contribution in [-0.4, -0.2) is 23.1 Å². The normalized spacial score (nSPS) is 10.2. The number of nitrogens with one attached hydrogen (secondary N) is 2. The van der Waals surface area contributed by atoms with Crippen LogP contribution in [0.1, 0.15) is 15.2 Å². The summed E-state index contributed by atoms with van der Waals surface area (Å²) in [6, 6.07) is 5.08. The highest BCUT2D eigenvalue weighted by atomic mass is 35.5. The molecule has 0 fully saturated rings. The Morgan fingerprint density at radius 1 is 1.53 bits per heavy atom. The van der Waals surface area contributed by atoms with Crippen molar-refractivity contribution in [3.63, 3.8) is 0 Å². The molecule has 0 aliphatic heterocycles. The molecule has 0 amide bonds. The van der Waals surface area contributed by atoms with Gasteiger partial charge in [-0.05, 0) is 12.1 Å². The van der Waals surface area contributed by atoms with Crippen molar-refractivity contribution in [1.82, 2.24) is 4.98 Å². The second kappa shape index (κ2) is 5.90. The summed E-state index contributed by atoms with van der Waals surface area (Å²) in [5, 5.41) is 15.2. The molecule has 1 heterocycles. The van der Waals surface area contributed by atoms with Crippen LogP contribution in [0.4, 0.5) is 11.4 Å². The number of para-hydroxylation sites is 1. The lowest BCUT2D eigenvalue weighted by Gasteiger charge is -2.13. The van der Waals surface area contributed by atoms with Crippen molar-refractivity contribution < 1.29 is 9.90 Å². The number of carbonyl (C=O) groups is 1. The van der Waals surface area contributed by atoms with Gasteiger partial charge in [-0.25, -0.2) is 9.78 Å². The van der Waals surface area contributed by atoms with Gasteiger partial charge in [0.1, 0.15) is 0 Å². The van der Waals surface area contributed by atoms with E-state index in [0.717, 1.165) is 10.6 Å². The van der Waals surface area contributed by atoms with Gasteiger partial charge in [-0.1, -0.05) is 17.7 Å². The van der Waals surface area contributed by atoms with Crippen LogP contribution >= 0.6 is 22.9 Å². The number of aromatic nitrogens is 1. The summed E-state index contributed by atoms with van der Waals surface area (Å²) in [5.74, 6) is -0.964. The Morgan fingerprint density at radius 3 is 2.89 bits per heavy atom. The predicted octanol–water partition coefficient (Wildman–Crippen LogP) is 3.15. The van der Waals surface area contributed by atoms with Gasteiger partial charge >= 0.3 is 5.97 Å². The Hall–Kier alpha value is -1.79. The van der Waals surface area contributed by atoms with Gasteiger partial charge in [0.25, 0.3) is 0 Å². The number of aromatic carboxylic acids is 1. The number of hydrogen-bond donors (Lipinski definition) is 3. The Balaban J connectivity index is 2.20. The van der Waals surface area contributed by atoms with Crippen molar-refractivity contribution in [2.45, 2.75) is 6.54 Å². The summed E-state index contributed by atoms with van der Waals surface area (Å²) >= 11 is 7.14. The summed E-state index contributed by atoms with van der Waals surface area (Å²) in [5.41, 5.74) is 1.52. The average Bonchev–Trinajstić information content (AvgIpc) is 2.81. The van der Waals surface area contributed by atoms with E-state index in [2.05, 4.69) is 15.6 Å². The molecule has 1 aromatic heterocycles. The highest BCUT2D eigenvalue weighted by Gasteiger charge is 2.12. The quantitative estimate of drug-likeness (QED) is 0.790. The minimum Gasteiger partial charge on any atom is -0.478 e. The molecule has 1 aromatic carbocycles. The first-order valence-electron chi connectivity index (χ1n) is 5.50. The lowest BCUT2D eigenvalue weighted by Crippen LogP contribution is -2.07. The second-order valence-corrected chi connectivity index (χ2v) is 5.41. The van der Waals surface area contributed by atoms with Crippen LogP contribution in [0.25, 0.3) is 0 Å². The minimum absolute atomic E-state index is 0.231. The molecule has 2 rings (SSSR count). The van der Waals surface area contributed by atoms with Crippen molar-refractivity contribution in [3.05, 3.63) is 39.3 Å². The summed E-state index contributed by atoms with van der Waals surface area (Å²) in [6.45, 7) is 0.544. The van der Waals surface area contributed by atoms with E-state index >= 15 is 0 Å². The molecule has 7 heteroatoms. The molecule has 0 aliphatic rings. The van der Waals surface area contributed by atoms with Crippen LogP contribution < -0.4 is 10.6 Å². The van der Waals surface area contributed by atoms with Crippen LogP contribution in [0.2, 0.25) is 4.47 Å². The minimum atomic E-state index is -0.964. The van der Waals surface area contributed by atoms with Gasteiger partial charge in [0, 0.05) is 18.1 Å². The fraction of sp³-hybridized carbons (Fsp3) is 0.167. The lowest BCUT2D eigenvalue weighted by atomic mass is 10.1. The van der Waals surface area contributed by atoms with Crippen LogP contribution in [0.5, 0.6) is 0 Å². The first kappa shape index (κ1) is 13.6. The third-order valence-electron chi connectivity index (χ3n) is 2.52. The number of halogens is 1. The van der Waals surface area contributed by atoms with Gasteiger partial charge in [-0.2, -0.15) is 0 Å². The van der Waals surface area contributed by atoms with E-state index < -0.39 is 5.97 Å². The number of thiazole rings is 1. The average molecular weight is 298 g/mol. The van der Waals surface area contributed by atoms with E-state index in [1.807, 2.05) is 6.07 Å². The number of nitrogens with zero attached hydrogens (tertiary/aromatic N) is 1. The number of carboxylic acids is 1. The van der Waals surface area contributed by atoms with Gasteiger partial charge in [-0.15, -0.1) is 11.3 Å². The van der Waals surface area contributed by atoms with Crippen molar-refractivity contribution in [2.75, 3.05) is 17.7 Å². The van der Waals surface area contributed by atoms with Gasteiger partial charge in [0.05, 0.1) is 23.5 Å². The van der Waals surface area contributed by atoms with Gasteiger partial charge < -0.3 is 15.7 Å². The number of hydrogen-bond acceptors (Lipinski definition) is 5. The summed E-state index contributed by atoms with van der Waals surface area (Å²) in [7, 11) is 1.69. The van der Waals surface area contributed by atoms with Gasteiger partial charge in [-0.3, -0.25) is 0 Å². The smallest absolute Gasteiger partial charge is 0.337 e. The van der Waals surface area contributed by atoms with Crippen LogP contribution in [-0.2, 0) is 6.54 Å². The van der Waals surface area contributed by atoms with Crippen LogP contribution in [0.15, 0.2) is 24.4 Å². The molecule has 0 aliphatic carbocycles. The molecule has 0 radical (unpaired) electrons. The van der Waals surface area contributed by atoms with E-state index in [9.17, 15) is 4.79 Å². The molecule has 5 nitrogen and oxygen atoms in total. The fourth-order valence-electron chi connectivity index (χ4n) is 1.69. The molecule has 0 spiro atoms. The van der Waals surface area contributed by atoms with Crippen molar-refractivity contribution in [3.8, 4) is 0 Å². The second-order valence-electron chi connectivity index (χ2n) is 3.72. The molecule has 0 atom stereocenters. The molecule has 2 aromatic rings. The maximum Gasteiger partial charge on any atom is 0.337 e. The van der Waals surface area contributed by atoms with Gasteiger partial charge in [0.15, 0.2) is 4.47 Å². The lowest BCUT2D eigenvalue weighted by molar-refractivity contribution is 0.0698. The number of benzene rings is 1. The molecule has 100 valence electrons. The summed E-state index contributed by atoms with van der Waals surface area (Å²) in [4.78, 5) is 16.0. The third-order valence-corrected chi connectivity index (χ3v) is 3.64. The first-order valence-corrected chi connectivity index (χ1v) is 6.69. The Bertz CT molecular complexity index is 600. The molecule has 19 heavy (non-hydrogen) atoms. The fourth-order valence-corrected chi connectivity index (χ4v) is 2.61. The zero-order chi connectivity index (χ0) is 13.8. The molecular formula is C12H12ClN3O2S. The Labute approximate surface area is 119 Å². The Morgan fingerprint density at radius 2 is 2.32 bits per heavy atom. The van der Waals surface area contributed by atoms with E-state index in [1.54, 1.807) is 25.4 Å². The van der Waals surface area contributed by atoms with E-state index in [4.69, 9.17) is 16.7 Å². The number of carboxylic acid groups (broad SMARTS) is 1. The van der Waals surface area contributed by atoms with Crippen LogP contribution in [0.3, 0.4) is 0 Å². The summed E-state index contributed by atoms with van der Waals surface area (Å²) in [6.07, 6.45) is 1.69. The van der Waals surface area contributed by atoms with Crippen molar-refractivity contribution in [1.29, 1.82) is 0 Å². The zero-order valence-corrected chi connectivity index (χ0v) is 11.7. The summed E-state index contributed by atoms with van der Waals surface area (Å²) < 4.78 is 0.491. The SMILES string of the molecule is CNc1c(NCc2cnc(Cl)s2)cccc1C(=O)O.